The van der Waals surface area contributed by atoms with Gasteiger partial charge < -0.3 is 20.1 Å². The van der Waals surface area contributed by atoms with Gasteiger partial charge in [-0.3, -0.25) is 0 Å². The quantitative estimate of drug-likeness (QED) is 0.895. The molecule has 0 unspecified atom stereocenters. The molecular formula is C18H23N5O2. The van der Waals surface area contributed by atoms with Crippen LogP contribution in [0.4, 0.5) is 11.6 Å². The summed E-state index contributed by atoms with van der Waals surface area (Å²) in [6.45, 7) is 5.25. The first-order valence-corrected chi connectivity index (χ1v) is 8.73. The lowest BCUT2D eigenvalue weighted by Gasteiger charge is -2.44. The third-order valence-corrected chi connectivity index (χ3v) is 4.94. The van der Waals surface area contributed by atoms with E-state index in [9.17, 15) is 0 Å². The van der Waals surface area contributed by atoms with Crippen LogP contribution in [0, 0.1) is 6.92 Å². The summed E-state index contributed by atoms with van der Waals surface area (Å²) in [5.74, 6) is 1.04. The van der Waals surface area contributed by atoms with E-state index in [1.807, 2.05) is 13.0 Å². The fourth-order valence-electron chi connectivity index (χ4n) is 3.56. The van der Waals surface area contributed by atoms with Crippen LogP contribution in [0.2, 0.25) is 0 Å². The number of rotatable bonds is 2. The zero-order valence-electron chi connectivity index (χ0n) is 14.4. The number of nitrogens with two attached hydrogens (primary N) is 1. The van der Waals surface area contributed by atoms with Crippen molar-refractivity contribution >= 4 is 11.6 Å². The van der Waals surface area contributed by atoms with Gasteiger partial charge in [0.25, 0.3) is 0 Å². The third-order valence-electron chi connectivity index (χ3n) is 4.94. The predicted octanol–water partition coefficient (Wildman–Crippen LogP) is 2.16. The van der Waals surface area contributed by atoms with E-state index in [2.05, 4.69) is 19.9 Å². The molecule has 2 aliphatic rings. The maximum atomic E-state index is 5.94. The topological polar surface area (TPSA) is 86.4 Å². The van der Waals surface area contributed by atoms with Crippen molar-refractivity contribution in [1.82, 2.24) is 15.0 Å². The number of hydrogen-bond acceptors (Lipinski definition) is 7. The van der Waals surface area contributed by atoms with Crippen molar-refractivity contribution in [3.8, 4) is 11.1 Å². The van der Waals surface area contributed by atoms with Gasteiger partial charge in [0.2, 0.25) is 0 Å². The highest BCUT2D eigenvalue weighted by Crippen LogP contribution is 2.36. The second-order valence-electron chi connectivity index (χ2n) is 6.58. The molecular weight excluding hydrogens is 318 g/mol. The molecule has 2 N–H and O–H groups in total. The Balaban J connectivity index is 1.61. The molecule has 4 rings (SSSR count). The molecule has 2 aliphatic heterocycles. The smallest absolute Gasteiger partial charge is 0.171 e. The van der Waals surface area contributed by atoms with Gasteiger partial charge in [-0.1, -0.05) is 0 Å². The number of pyridine rings is 1. The Bertz CT molecular complexity index is 734. The minimum atomic E-state index is -0.403. The number of aromatic nitrogens is 3. The number of nitrogen functional groups attached to an aromatic ring is 1. The van der Waals surface area contributed by atoms with E-state index in [1.165, 1.54) is 0 Å². The lowest BCUT2D eigenvalue weighted by Crippen LogP contribution is -2.50. The lowest BCUT2D eigenvalue weighted by molar-refractivity contribution is -0.275. The number of aryl methyl sites for hydroxylation is 1. The molecule has 25 heavy (non-hydrogen) atoms. The van der Waals surface area contributed by atoms with Gasteiger partial charge in [-0.15, -0.1) is 0 Å². The van der Waals surface area contributed by atoms with Gasteiger partial charge in [0, 0.05) is 43.3 Å². The molecule has 7 nitrogen and oxygen atoms in total. The minimum absolute atomic E-state index is 0.403. The first-order chi connectivity index (χ1) is 12.2. The van der Waals surface area contributed by atoms with Crippen LogP contribution in [0.15, 0.2) is 24.7 Å². The van der Waals surface area contributed by atoms with E-state index in [1.54, 1.807) is 18.6 Å². The fourth-order valence-corrected chi connectivity index (χ4v) is 3.56. The maximum absolute atomic E-state index is 5.94. The molecule has 0 amide bonds. The number of hydrogen-bond donors (Lipinski definition) is 1. The van der Waals surface area contributed by atoms with E-state index >= 15 is 0 Å². The Hall–Kier alpha value is -2.25. The lowest BCUT2D eigenvalue weighted by atomic mass is 10.0. The monoisotopic (exact) mass is 341 g/mol. The van der Waals surface area contributed by atoms with Gasteiger partial charge in [0.15, 0.2) is 5.79 Å². The molecule has 2 aromatic rings. The summed E-state index contributed by atoms with van der Waals surface area (Å²) in [5, 5.41) is 0. The molecule has 0 atom stereocenters. The molecule has 2 fully saturated rings. The van der Waals surface area contributed by atoms with Crippen LogP contribution in [0.5, 0.6) is 0 Å². The van der Waals surface area contributed by atoms with E-state index in [-0.39, 0.29) is 0 Å². The Morgan fingerprint density at radius 2 is 1.84 bits per heavy atom. The normalized spacial score (nSPS) is 20.0. The number of ether oxygens (including phenoxy) is 2. The summed E-state index contributed by atoms with van der Waals surface area (Å²) in [4.78, 5) is 15.4. The van der Waals surface area contributed by atoms with Crippen LogP contribution in [0.1, 0.15) is 25.0 Å². The summed E-state index contributed by atoms with van der Waals surface area (Å²) in [7, 11) is 0. The van der Waals surface area contributed by atoms with Crippen LogP contribution >= 0.6 is 0 Å². The molecule has 4 heterocycles. The molecule has 0 radical (unpaired) electrons. The van der Waals surface area contributed by atoms with Crippen LogP contribution in [0.25, 0.3) is 11.1 Å². The van der Waals surface area contributed by atoms with Crippen molar-refractivity contribution in [2.75, 3.05) is 36.9 Å². The largest absolute Gasteiger partial charge is 0.384 e. The molecule has 2 aromatic heterocycles. The average Bonchev–Trinajstić information content (AvgIpc) is 2.64. The maximum Gasteiger partial charge on any atom is 0.171 e. The third kappa shape index (κ3) is 3.17. The Morgan fingerprint density at radius 1 is 1.08 bits per heavy atom. The molecule has 0 saturated carbocycles. The summed E-state index contributed by atoms with van der Waals surface area (Å²) in [5.41, 5.74) is 8.64. The van der Waals surface area contributed by atoms with Gasteiger partial charge in [0.05, 0.1) is 18.9 Å². The van der Waals surface area contributed by atoms with Crippen molar-refractivity contribution < 1.29 is 9.47 Å². The van der Waals surface area contributed by atoms with Crippen LogP contribution in [-0.2, 0) is 9.47 Å². The van der Waals surface area contributed by atoms with Crippen LogP contribution < -0.4 is 10.6 Å². The summed E-state index contributed by atoms with van der Waals surface area (Å²) >= 11 is 0. The molecule has 0 aliphatic carbocycles. The first kappa shape index (κ1) is 16.2. The molecule has 1 spiro atoms. The number of piperidine rings is 1. The van der Waals surface area contributed by atoms with Crippen molar-refractivity contribution in [2.24, 2.45) is 0 Å². The van der Waals surface area contributed by atoms with Gasteiger partial charge in [-0.25, -0.2) is 15.0 Å². The van der Waals surface area contributed by atoms with E-state index in [4.69, 9.17) is 15.2 Å². The first-order valence-electron chi connectivity index (χ1n) is 8.73. The molecule has 0 bridgehead atoms. The van der Waals surface area contributed by atoms with Crippen molar-refractivity contribution in [1.29, 1.82) is 0 Å². The zero-order valence-corrected chi connectivity index (χ0v) is 14.4. The van der Waals surface area contributed by atoms with E-state index < -0.39 is 5.79 Å². The highest BCUT2D eigenvalue weighted by Gasteiger charge is 2.39. The number of nitrogens with zero attached hydrogens (tertiary/aromatic N) is 4. The zero-order chi connectivity index (χ0) is 17.3. The SMILES string of the molecule is Cc1ncnc(N2CCC3(CC2)OCCCO3)c1-c1ccc(N)nc1. The van der Waals surface area contributed by atoms with Crippen molar-refractivity contribution in [3.05, 3.63) is 30.4 Å². The standard InChI is InChI=1S/C18H23N5O2/c1-13-16(14-3-4-15(19)20-11-14)17(22-12-21-13)23-7-5-18(6-8-23)24-9-2-10-25-18/h3-4,11-12H,2,5-10H2,1H3,(H2,19,20). The second kappa shape index (κ2) is 6.57. The van der Waals surface area contributed by atoms with Crippen molar-refractivity contribution in [3.63, 3.8) is 0 Å². The van der Waals surface area contributed by atoms with Gasteiger partial charge >= 0.3 is 0 Å². The van der Waals surface area contributed by atoms with Crippen LogP contribution in [-0.4, -0.2) is 47.0 Å². The van der Waals surface area contributed by atoms with Crippen molar-refractivity contribution in [2.45, 2.75) is 32.0 Å². The Kier molecular flexibility index (Phi) is 4.27. The Labute approximate surface area is 147 Å². The Morgan fingerprint density at radius 3 is 2.52 bits per heavy atom. The van der Waals surface area contributed by atoms with E-state index in [0.29, 0.717) is 5.82 Å². The van der Waals surface area contributed by atoms with Gasteiger partial charge in [-0.05, 0) is 25.5 Å². The van der Waals surface area contributed by atoms with Gasteiger partial charge in [0.1, 0.15) is 18.0 Å². The summed E-state index contributed by atoms with van der Waals surface area (Å²) in [6, 6.07) is 3.77. The van der Waals surface area contributed by atoms with Crippen LogP contribution in [0.3, 0.4) is 0 Å². The molecule has 2 saturated heterocycles. The molecule has 0 aromatic carbocycles. The summed E-state index contributed by atoms with van der Waals surface area (Å²) < 4.78 is 11.9. The molecule has 7 heteroatoms. The summed E-state index contributed by atoms with van der Waals surface area (Å²) in [6.07, 6.45) is 6.07. The number of anilines is 2. The fraction of sp³-hybridized carbons (Fsp3) is 0.500. The highest BCUT2D eigenvalue weighted by atomic mass is 16.7. The highest BCUT2D eigenvalue weighted by molar-refractivity contribution is 5.77. The predicted molar refractivity (Wildman–Crippen MR) is 95.1 cm³/mol. The minimum Gasteiger partial charge on any atom is -0.384 e. The van der Waals surface area contributed by atoms with E-state index in [0.717, 1.165) is 68.2 Å². The average molecular weight is 341 g/mol. The van der Waals surface area contributed by atoms with Gasteiger partial charge in [-0.2, -0.15) is 0 Å². The molecule has 132 valence electrons. The second-order valence-corrected chi connectivity index (χ2v) is 6.58.